The predicted molar refractivity (Wildman–Crippen MR) is 104 cm³/mol. The third kappa shape index (κ3) is 3.56. The number of H-pyrrole nitrogens is 1. The van der Waals surface area contributed by atoms with Gasteiger partial charge in [0, 0.05) is 24.4 Å². The fraction of sp³-hybridized carbons (Fsp3) is 0.300. The van der Waals surface area contributed by atoms with Crippen molar-refractivity contribution in [3.05, 3.63) is 58.9 Å². The molecular weight excluding hydrogens is 413 g/mol. The van der Waals surface area contributed by atoms with Crippen molar-refractivity contribution in [2.75, 3.05) is 7.05 Å². The molecule has 0 bridgehead atoms. The minimum atomic E-state index is -4.71. The number of nitrogens with zero attached hydrogens (tertiary/aromatic N) is 5. The Balaban J connectivity index is 1.77. The zero-order valence-electron chi connectivity index (χ0n) is 17.2. The van der Waals surface area contributed by atoms with Gasteiger partial charge < -0.3 is 9.32 Å². The number of aromatic amines is 1. The molecule has 4 heterocycles. The molecule has 0 aliphatic heterocycles. The van der Waals surface area contributed by atoms with Crippen LogP contribution < -0.4 is 0 Å². The number of halogens is 3. The number of aromatic nitrogens is 5. The topological polar surface area (TPSA) is 92.3 Å². The molecule has 4 aromatic heterocycles. The Labute approximate surface area is 174 Å². The molecule has 1 N–H and O–H groups in total. The maximum absolute atomic E-state index is 13.7. The second kappa shape index (κ2) is 7.25. The molecule has 0 unspecified atom stereocenters. The van der Waals surface area contributed by atoms with E-state index in [2.05, 4.69) is 20.3 Å². The Morgan fingerprint density at radius 3 is 2.61 bits per heavy atom. The lowest BCUT2D eigenvalue weighted by Gasteiger charge is -2.24. The van der Waals surface area contributed by atoms with Crippen molar-refractivity contribution in [2.24, 2.45) is 0 Å². The van der Waals surface area contributed by atoms with Crippen molar-refractivity contribution in [1.29, 1.82) is 0 Å². The number of hydrogen-bond donors (Lipinski definition) is 1. The number of amides is 1. The Morgan fingerprint density at radius 1 is 1.29 bits per heavy atom. The maximum atomic E-state index is 13.7. The van der Waals surface area contributed by atoms with Crippen molar-refractivity contribution in [2.45, 2.75) is 33.0 Å². The van der Waals surface area contributed by atoms with E-state index in [0.717, 1.165) is 23.0 Å². The van der Waals surface area contributed by atoms with Crippen LogP contribution in [0, 0.1) is 13.8 Å². The van der Waals surface area contributed by atoms with Crippen LogP contribution in [0.3, 0.4) is 0 Å². The van der Waals surface area contributed by atoms with Crippen LogP contribution >= 0.6 is 0 Å². The summed E-state index contributed by atoms with van der Waals surface area (Å²) in [6, 6.07) is 4.77. The largest absolute Gasteiger partial charge is 0.463 e. The van der Waals surface area contributed by atoms with Gasteiger partial charge in [-0.25, -0.2) is 9.50 Å². The molecule has 0 aliphatic rings. The molecule has 4 rings (SSSR count). The molecule has 0 saturated carbocycles. The van der Waals surface area contributed by atoms with Gasteiger partial charge in [0.15, 0.2) is 22.8 Å². The van der Waals surface area contributed by atoms with Crippen LogP contribution in [0.15, 0.2) is 34.9 Å². The van der Waals surface area contributed by atoms with E-state index >= 15 is 0 Å². The zero-order valence-corrected chi connectivity index (χ0v) is 17.2. The minimum absolute atomic E-state index is 0.00454. The number of alkyl halides is 3. The first kappa shape index (κ1) is 20.6. The fourth-order valence-electron chi connectivity index (χ4n) is 3.56. The van der Waals surface area contributed by atoms with Crippen LogP contribution in [0.2, 0.25) is 0 Å². The average molecular weight is 432 g/mol. The number of fused-ring (bicyclic) bond motifs is 1. The smallest absolute Gasteiger partial charge is 0.433 e. The second-order valence-electron chi connectivity index (χ2n) is 7.24. The first-order valence-corrected chi connectivity index (χ1v) is 9.38. The summed E-state index contributed by atoms with van der Waals surface area (Å²) < 4.78 is 46.9. The van der Waals surface area contributed by atoms with Crippen LogP contribution in [0.1, 0.15) is 46.1 Å². The second-order valence-corrected chi connectivity index (χ2v) is 7.24. The van der Waals surface area contributed by atoms with Crippen molar-refractivity contribution < 1.29 is 22.4 Å². The van der Waals surface area contributed by atoms with Crippen LogP contribution in [-0.2, 0) is 6.18 Å². The number of rotatable bonds is 4. The predicted octanol–water partition coefficient (Wildman–Crippen LogP) is 4.18. The van der Waals surface area contributed by atoms with Crippen LogP contribution in [0.25, 0.3) is 17.1 Å². The van der Waals surface area contributed by atoms with Gasteiger partial charge in [-0.15, -0.1) is 0 Å². The summed E-state index contributed by atoms with van der Waals surface area (Å²) in [5.74, 6) is -0.357. The van der Waals surface area contributed by atoms with E-state index in [4.69, 9.17) is 4.42 Å². The number of hydrogen-bond acceptors (Lipinski definition) is 5. The molecule has 0 aliphatic carbocycles. The lowest BCUT2D eigenvalue weighted by atomic mass is 10.1. The first-order valence-electron chi connectivity index (χ1n) is 9.38. The normalized spacial score (nSPS) is 13.0. The standard InChI is InChI=1S/C20H19F3N6O2/c1-10-18(11(2)26-25-10)12(3)28(4)19(30)14-9-17-24-13(15-6-5-7-31-15)8-16(20(21,22)23)29(17)27-14/h5-9,12H,1-4H3,(H,25,26)/t12-/m1/s1. The van der Waals surface area contributed by atoms with Crippen molar-refractivity contribution in [3.8, 4) is 11.5 Å². The maximum Gasteiger partial charge on any atom is 0.433 e. The molecule has 0 saturated heterocycles. The van der Waals surface area contributed by atoms with Gasteiger partial charge in [-0.2, -0.15) is 23.4 Å². The van der Waals surface area contributed by atoms with Gasteiger partial charge in [0.1, 0.15) is 5.69 Å². The molecule has 8 nitrogen and oxygen atoms in total. The van der Waals surface area contributed by atoms with E-state index in [-0.39, 0.29) is 28.8 Å². The van der Waals surface area contributed by atoms with E-state index < -0.39 is 17.8 Å². The van der Waals surface area contributed by atoms with E-state index in [1.807, 2.05) is 20.8 Å². The Kier molecular flexibility index (Phi) is 4.83. The number of aryl methyl sites for hydroxylation is 2. The molecule has 1 amide bonds. The van der Waals surface area contributed by atoms with Crippen LogP contribution in [0.4, 0.5) is 13.2 Å². The first-order chi connectivity index (χ1) is 14.6. The highest BCUT2D eigenvalue weighted by Gasteiger charge is 2.36. The van der Waals surface area contributed by atoms with E-state index in [9.17, 15) is 18.0 Å². The number of carbonyl (C=O) groups is 1. The van der Waals surface area contributed by atoms with Crippen molar-refractivity contribution in [3.63, 3.8) is 0 Å². The van der Waals surface area contributed by atoms with Crippen LogP contribution in [0.5, 0.6) is 0 Å². The number of nitrogens with one attached hydrogen (secondary N) is 1. The van der Waals surface area contributed by atoms with Gasteiger partial charge >= 0.3 is 6.18 Å². The quantitative estimate of drug-likeness (QED) is 0.522. The monoisotopic (exact) mass is 432 g/mol. The van der Waals surface area contributed by atoms with Crippen LogP contribution in [-0.4, -0.2) is 42.7 Å². The summed E-state index contributed by atoms with van der Waals surface area (Å²) in [6.45, 7) is 5.46. The molecule has 0 radical (unpaired) electrons. The fourth-order valence-corrected chi connectivity index (χ4v) is 3.56. The summed E-state index contributed by atoms with van der Waals surface area (Å²) in [4.78, 5) is 18.6. The lowest BCUT2D eigenvalue weighted by Crippen LogP contribution is -2.30. The summed E-state index contributed by atoms with van der Waals surface area (Å²) >= 11 is 0. The van der Waals surface area contributed by atoms with E-state index in [0.29, 0.717) is 4.52 Å². The molecule has 0 aromatic carbocycles. The van der Waals surface area contributed by atoms with Gasteiger partial charge in [-0.05, 0) is 39.0 Å². The third-order valence-electron chi connectivity index (χ3n) is 5.21. The summed E-state index contributed by atoms with van der Waals surface area (Å²) in [6.07, 6.45) is -3.37. The highest BCUT2D eigenvalue weighted by molar-refractivity contribution is 5.93. The van der Waals surface area contributed by atoms with Gasteiger partial charge in [0.2, 0.25) is 0 Å². The highest BCUT2D eigenvalue weighted by atomic mass is 19.4. The average Bonchev–Trinajstić information content (AvgIpc) is 3.44. The summed E-state index contributed by atoms with van der Waals surface area (Å²) in [7, 11) is 1.56. The number of furan rings is 1. The molecule has 0 fully saturated rings. The van der Waals surface area contributed by atoms with Gasteiger partial charge in [0.25, 0.3) is 5.91 Å². The lowest BCUT2D eigenvalue weighted by molar-refractivity contribution is -0.142. The summed E-state index contributed by atoms with van der Waals surface area (Å²) in [5.41, 5.74) is 1.07. The zero-order chi connectivity index (χ0) is 22.5. The number of carbonyl (C=O) groups excluding carboxylic acids is 1. The van der Waals surface area contributed by atoms with Crippen molar-refractivity contribution in [1.82, 2.24) is 29.7 Å². The van der Waals surface area contributed by atoms with Crippen molar-refractivity contribution >= 4 is 11.6 Å². The Bertz CT molecular complexity index is 1240. The highest BCUT2D eigenvalue weighted by Crippen LogP contribution is 2.33. The molecule has 11 heteroatoms. The molecule has 162 valence electrons. The molecule has 0 spiro atoms. The molecule has 31 heavy (non-hydrogen) atoms. The van der Waals surface area contributed by atoms with Gasteiger partial charge in [-0.3, -0.25) is 9.89 Å². The van der Waals surface area contributed by atoms with Gasteiger partial charge in [-0.1, -0.05) is 0 Å². The van der Waals surface area contributed by atoms with Gasteiger partial charge in [0.05, 0.1) is 18.0 Å². The molecular formula is C20H19F3N6O2. The molecule has 1 atom stereocenters. The minimum Gasteiger partial charge on any atom is -0.463 e. The van der Waals surface area contributed by atoms with E-state index in [1.54, 1.807) is 13.1 Å². The SMILES string of the molecule is Cc1n[nH]c(C)c1[C@@H](C)N(C)C(=O)c1cc2nc(-c3ccco3)cc(C(F)(F)F)n2n1. The Hall–Kier alpha value is -3.63. The third-order valence-corrected chi connectivity index (χ3v) is 5.21. The molecule has 4 aromatic rings. The van der Waals surface area contributed by atoms with E-state index in [1.165, 1.54) is 23.3 Å². The Morgan fingerprint density at radius 2 is 2.03 bits per heavy atom. The summed E-state index contributed by atoms with van der Waals surface area (Å²) in [5, 5.41) is 10.9.